The molecule has 8 nitrogen and oxygen atoms in total. The number of thiophene rings is 1. The molecule has 1 saturated heterocycles. The fourth-order valence-electron chi connectivity index (χ4n) is 2.77. The standard InChI is InChI=1S/C18H22N4O4S2/c1-20(2)28(25,26)16-9-8-15(27-16)19-18(24)22-12-10-21(11-13-22)17(23)14-6-4-3-5-7-14/h3-9H,10-13H2,1-2H3,(H,19,24). The number of hydrogen-bond donors (Lipinski definition) is 1. The Kier molecular flexibility index (Phi) is 6.01. The number of nitrogens with zero attached hydrogens (tertiary/aromatic N) is 3. The smallest absolute Gasteiger partial charge is 0.322 e. The predicted molar refractivity (Wildman–Crippen MR) is 108 cm³/mol. The van der Waals surface area contributed by atoms with Crippen molar-refractivity contribution in [3.8, 4) is 0 Å². The van der Waals surface area contributed by atoms with Crippen molar-refractivity contribution in [1.82, 2.24) is 14.1 Å². The SMILES string of the molecule is CN(C)S(=O)(=O)c1ccc(NC(=O)N2CCN(C(=O)c3ccccc3)CC2)s1. The maximum Gasteiger partial charge on any atom is 0.322 e. The summed E-state index contributed by atoms with van der Waals surface area (Å²) in [5.74, 6) is -0.0440. The lowest BCUT2D eigenvalue weighted by molar-refractivity contribution is 0.0671. The maximum absolute atomic E-state index is 12.5. The van der Waals surface area contributed by atoms with E-state index in [-0.39, 0.29) is 16.1 Å². The quantitative estimate of drug-likeness (QED) is 0.816. The molecule has 3 amide bonds. The van der Waals surface area contributed by atoms with Crippen LogP contribution in [0, 0.1) is 0 Å². The van der Waals surface area contributed by atoms with Gasteiger partial charge in [0, 0.05) is 45.8 Å². The lowest BCUT2D eigenvalue weighted by Gasteiger charge is -2.34. The van der Waals surface area contributed by atoms with Crippen molar-refractivity contribution in [2.75, 3.05) is 45.6 Å². The Morgan fingerprint density at radius 3 is 2.18 bits per heavy atom. The van der Waals surface area contributed by atoms with Crippen LogP contribution in [0.4, 0.5) is 9.80 Å². The van der Waals surface area contributed by atoms with Crippen LogP contribution in [-0.4, -0.2) is 74.7 Å². The molecule has 0 unspecified atom stereocenters. The second-order valence-electron chi connectivity index (χ2n) is 6.48. The number of carbonyl (C=O) groups excluding carboxylic acids is 2. The molecule has 3 rings (SSSR count). The van der Waals surface area contributed by atoms with Crippen molar-refractivity contribution in [2.45, 2.75) is 4.21 Å². The van der Waals surface area contributed by atoms with Crippen LogP contribution in [0.25, 0.3) is 0 Å². The lowest BCUT2D eigenvalue weighted by Crippen LogP contribution is -2.51. The number of piperazine rings is 1. The third-order valence-electron chi connectivity index (χ3n) is 4.42. The van der Waals surface area contributed by atoms with Gasteiger partial charge in [-0.15, -0.1) is 11.3 Å². The average Bonchev–Trinajstić information content (AvgIpc) is 3.17. The lowest BCUT2D eigenvalue weighted by atomic mass is 10.2. The number of amides is 3. The largest absolute Gasteiger partial charge is 0.335 e. The predicted octanol–water partition coefficient (Wildman–Crippen LogP) is 1.99. The van der Waals surface area contributed by atoms with E-state index < -0.39 is 10.0 Å². The van der Waals surface area contributed by atoms with Crippen LogP contribution in [0.5, 0.6) is 0 Å². The van der Waals surface area contributed by atoms with Gasteiger partial charge in [-0.1, -0.05) is 18.2 Å². The molecule has 150 valence electrons. The van der Waals surface area contributed by atoms with E-state index in [0.29, 0.717) is 36.7 Å². The fourth-order valence-corrected chi connectivity index (χ4v) is 5.13. The highest BCUT2D eigenvalue weighted by Crippen LogP contribution is 2.28. The Morgan fingerprint density at radius 1 is 0.964 bits per heavy atom. The minimum absolute atomic E-state index is 0.0440. The van der Waals surface area contributed by atoms with Crippen molar-refractivity contribution in [2.24, 2.45) is 0 Å². The van der Waals surface area contributed by atoms with E-state index in [4.69, 9.17) is 0 Å². The summed E-state index contributed by atoms with van der Waals surface area (Å²) >= 11 is 1.01. The number of hydrogen-bond acceptors (Lipinski definition) is 5. The molecule has 0 spiro atoms. The van der Waals surface area contributed by atoms with E-state index in [2.05, 4.69) is 5.32 Å². The van der Waals surface area contributed by atoms with Gasteiger partial charge in [0.1, 0.15) is 4.21 Å². The Morgan fingerprint density at radius 2 is 1.57 bits per heavy atom. The van der Waals surface area contributed by atoms with E-state index in [1.807, 2.05) is 18.2 Å². The Labute approximate surface area is 168 Å². The zero-order valence-electron chi connectivity index (χ0n) is 15.7. The minimum atomic E-state index is -3.52. The van der Waals surface area contributed by atoms with Crippen LogP contribution in [-0.2, 0) is 10.0 Å². The summed E-state index contributed by atoms with van der Waals surface area (Å²) in [5, 5.41) is 3.20. The Hall–Kier alpha value is -2.43. The van der Waals surface area contributed by atoms with Crippen LogP contribution in [0.1, 0.15) is 10.4 Å². The number of rotatable bonds is 4. The highest BCUT2D eigenvalue weighted by Gasteiger charge is 2.26. The van der Waals surface area contributed by atoms with Crippen molar-refractivity contribution >= 4 is 38.3 Å². The molecular weight excluding hydrogens is 400 g/mol. The van der Waals surface area contributed by atoms with E-state index in [9.17, 15) is 18.0 Å². The summed E-state index contributed by atoms with van der Waals surface area (Å²) in [6.45, 7) is 1.73. The number of sulfonamides is 1. The summed E-state index contributed by atoms with van der Waals surface area (Å²) in [6, 6.07) is 11.8. The maximum atomic E-state index is 12.5. The molecule has 2 heterocycles. The van der Waals surface area contributed by atoms with Crippen molar-refractivity contribution < 1.29 is 18.0 Å². The summed E-state index contributed by atoms with van der Waals surface area (Å²) < 4.78 is 25.6. The van der Waals surface area contributed by atoms with Crippen LogP contribution in [0.2, 0.25) is 0 Å². The zero-order chi connectivity index (χ0) is 20.3. The monoisotopic (exact) mass is 422 g/mol. The molecule has 1 N–H and O–H groups in total. The molecule has 0 atom stereocenters. The third-order valence-corrected chi connectivity index (χ3v) is 7.70. The number of nitrogens with one attached hydrogen (secondary N) is 1. The van der Waals surface area contributed by atoms with Crippen LogP contribution in [0.3, 0.4) is 0 Å². The second-order valence-corrected chi connectivity index (χ2v) is 9.94. The van der Waals surface area contributed by atoms with Gasteiger partial charge in [0.25, 0.3) is 15.9 Å². The molecule has 0 bridgehead atoms. The fraction of sp³-hybridized carbons (Fsp3) is 0.333. The van der Waals surface area contributed by atoms with Gasteiger partial charge in [-0.3, -0.25) is 10.1 Å². The van der Waals surface area contributed by atoms with E-state index in [0.717, 1.165) is 15.6 Å². The van der Waals surface area contributed by atoms with Gasteiger partial charge in [0.15, 0.2) is 0 Å². The minimum Gasteiger partial charge on any atom is -0.335 e. The molecule has 1 fully saturated rings. The van der Waals surface area contributed by atoms with Gasteiger partial charge in [-0.05, 0) is 24.3 Å². The highest BCUT2D eigenvalue weighted by molar-refractivity contribution is 7.91. The second kappa shape index (κ2) is 8.29. The van der Waals surface area contributed by atoms with Crippen molar-refractivity contribution in [3.63, 3.8) is 0 Å². The van der Waals surface area contributed by atoms with Gasteiger partial charge in [0.05, 0.1) is 5.00 Å². The first-order valence-corrected chi connectivity index (χ1v) is 11.0. The molecule has 1 aromatic heterocycles. The van der Waals surface area contributed by atoms with Gasteiger partial charge < -0.3 is 9.80 Å². The van der Waals surface area contributed by atoms with Gasteiger partial charge in [-0.2, -0.15) is 0 Å². The zero-order valence-corrected chi connectivity index (χ0v) is 17.3. The molecule has 28 heavy (non-hydrogen) atoms. The van der Waals surface area contributed by atoms with Crippen molar-refractivity contribution in [1.29, 1.82) is 0 Å². The third kappa shape index (κ3) is 4.34. The first-order chi connectivity index (χ1) is 13.3. The Bertz CT molecular complexity index is 949. The molecule has 1 aromatic carbocycles. The molecule has 0 radical (unpaired) electrons. The number of benzene rings is 1. The summed E-state index contributed by atoms with van der Waals surface area (Å²) in [7, 11) is -0.593. The summed E-state index contributed by atoms with van der Waals surface area (Å²) in [5.41, 5.74) is 0.633. The number of carbonyl (C=O) groups is 2. The molecule has 0 saturated carbocycles. The highest BCUT2D eigenvalue weighted by atomic mass is 32.2. The molecule has 10 heteroatoms. The Balaban J connectivity index is 1.56. The molecule has 0 aliphatic carbocycles. The average molecular weight is 423 g/mol. The summed E-state index contributed by atoms with van der Waals surface area (Å²) in [4.78, 5) is 28.3. The summed E-state index contributed by atoms with van der Waals surface area (Å²) in [6.07, 6.45) is 0. The number of anilines is 1. The van der Waals surface area contributed by atoms with E-state index in [1.165, 1.54) is 20.2 Å². The molecule has 2 aromatic rings. The molecule has 1 aliphatic heterocycles. The first kappa shape index (κ1) is 20.3. The van der Waals surface area contributed by atoms with Crippen LogP contribution < -0.4 is 5.32 Å². The molecular formula is C18H22N4O4S2. The van der Waals surface area contributed by atoms with E-state index in [1.54, 1.807) is 28.0 Å². The normalized spacial score (nSPS) is 15.0. The van der Waals surface area contributed by atoms with Crippen molar-refractivity contribution in [3.05, 3.63) is 48.0 Å². The van der Waals surface area contributed by atoms with Gasteiger partial charge in [0.2, 0.25) is 0 Å². The number of urea groups is 1. The van der Waals surface area contributed by atoms with E-state index >= 15 is 0 Å². The van der Waals surface area contributed by atoms with Gasteiger partial charge >= 0.3 is 6.03 Å². The van der Waals surface area contributed by atoms with Crippen LogP contribution in [0.15, 0.2) is 46.7 Å². The topological polar surface area (TPSA) is 90.0 Å². The first-order valence-electron chi connectivity index (χ1n) is 8.71. The van der Waals surface area contributed by atoms with Crippen LogP contribution >= 0.6 is 11.3 Å². The molecule has 1 aliphatic rings. The van der Waals surface area contributed by atoms with Gasteiger partial charge in [-0.25, -0.2) is 17.5 Å².